The molecule has 1 N–H and O–H groups in total. The first-order valence-electron chi connectivity index (χ1n) is 7.58. The van der Waals surface area contributed by atoms with Gasteiger partial charge in [-0.05, 0) is 12.8 Å². The summed E-state index contributed by atoms with van der Waals surface area (Å²) in [6.45, 7) is 0. The lowest BCUT2D eigenvalue weighted by atomic mass is 9.99. The number of thiazole rings is 1. The van der Waals surface area contributed by atoms with Gasteiger partial charge in [-0.1, -0.05) is 42.5 Å². The van der Waals surface area contributed by atoms with Crippen LogP contribution in [-0.4, -0.2) is 29.3 Å². The predicted octanol–water partition coefficient (Wildman–Crippen LogP) is 3.96. The summed E-state index contributed by atoms with van der Waals surface area (Å²) in [6.07, 6.45) is 6.81. The van der Waals surface area contributed by atoms with E-state index < -0.39 is 5.97 Å². The molecule has 5 nitrogen and oxygen atoms in total. The zero-order chi connectivity index (χ0) is 16.9. The van der Waals surface area contributed by atoms with Crippen LogP contribution >= 0.6 is 11.3 Å². The number of carboxylic acids is 1. The molecule has 0 unspecified atom stereocenters. The monoisotopic (exact) mass is 339 g/mol. The summed E-state index contributed by atoms with van der Waals surface area (Å²) in [4.78, 5) is 15.8. The van der Waals surface area contributed by atoms with Crippen molar-refractivity contribution in [1.82, 2.24) is 4.98 Å². The highest BCUT2D eigenvalue weighted by Gasteiger charge is 2.14. The van der Waals surface area contributed by atoms with Crippen LogP contribution in [0.5, 0.6) is 0 Å². The average molecular weight is 339 g/mol. The Morgan fingerprint density at radius 1 is 1.29 bits per heavy atom. The van der Waals surface area contributed by atoms with E-state index >= 15 is 0 Å². The second kappa shape index (κ2) is 7.23. The van der Waals surface area contributed by atoms with E-state index in [4.69, 9.17) is 0 Å². The molecule has 24 heavy (non-hydrogen) atoms. The fraction of sp³-hybridized carbons (Fsp3) is 0.167. The molecular formula is C18H17N3O2S. The first-order chi connectivity index (χ1) is 11.6. The fourth-order valence-electron chi connectivity index (χ4n) is 2.38. The van der Waals surface area contributed by atoms with Crippen molar-refractivity contribution in [3.63, 3.8) is 0 Å². The first kappa shape index (κ1) is 16.1. The van der Waals surface area contributed by atoms with Crippen molar-refractivity contribution in [3.8, 4) is 11.3 Å². The Balaban J connectivity index is 1.75. The van der Waals surface area contributed by atoms with Crippen LogP contribution in [-0.2, 0) is 4.79 Å². The highest BCUT2D eigenvalue weighted by molar-refractivity contribution is 7.14. The van der Waals surface area contributed by atoms with Gasteiger partial charge in [-0.15, -0.1) is 11.3 Å². The summed E-state index contributed by atoms with van der Waals surface area (Å²) in [6, 6.07) is 9.95. The summed E-state index contributed by atoms with van der Waals surface area (Å²) < 4.78 is 0. The van der Waals surface area contributed by atoms with Crippen molar-refractivity contribution in [2.24, 2.45) is 5.10 Å². The third-order valence-electron chi connectivity index (χ3n) is 3.63. The number of aliphatic carboxylic acids is 1. The van der Waals surface area contributed by atoms with Crippen molar-refractivity contribution < 1.29 is 9.90 Å². The highest BCUT2D eigenvalue weighted by atomic mass is 32.1. The van der Waals surface area contributed by atoms with Crippen LogP contribution in [0.15, 0.2) is 64.1 Å². The quantitative estimate of drug-likeness (QED) is 0.661. The van der Waals surface area contributed by atoms with E-state index in [1.165, 1.54) is 11.3 Å². The van der Waals surface area contributed by atoms with E-state index in [1.54, 1.807) is 24.3 Å². The Bertz CT molecular complexity index is 822. The highest BCUT2D eigenvalue weighted by Crippen LogP contribution is 2.27. The van der Waals surface area contributed by atoms with E-state index in [1.807, 2.05) is 41.8 Å². The Kier molecular flexibility index (Phi) is 4.86. The van der Waals surface area contributed by atoms with Crippen LogP contribution in [0, 0.1) is 0 Å². The summed E-state index contributed by atoms with van der Waals surface area (Å²) in [5.41, 5.74) is 2.91. The van der Waals surface area contributed by atoms with E-state index in [2.05, 4.69) is 10.1 Å². The minimum atomic E-state index is -0.921. The number of allylic oxidation sites excluding steroid dienone is 2. The number of anilines is 1. The van der Waals surface area contributed by atoms with Gasteiger partial charge in [0.05, 0.1) is 17.5 Å². The molecule has 0 saturated carbocycles. The maximum Gasteiger partial charge on any atom is 0.336 e. The van der Waals surface area contributed by atoms with E-state index in [9.17, 15) is 9.90 Å². The fourth-order valence-corrected chi connectivity index (χ4v) is 3.14. The number of nitrogens with zero attached hydrogens (tertiary/aromatic N) is 3. The van der Waals surface area contributed by atoms with Crippen LogP contribution in [0.4, 0.5) is 5.13 Å². The molecule has 0 amide bonds. The molecule has 1 aliphatic rings. The minimum Gasteiger partial charge on any atom is -0.478 e. The van der Waals surface area contributed by atoms with Gasteiger partial charge in [0, 0.05) is 23.6 Å². The largest absolute Gasteiger partial charge is 0.478 e. The van der Waals surface area contributed by atoms with Crippen LogP contribution in [0.1, 0.15) is 12.8 Å². The third kappa shape index (κ3) is 3.60. The molecule has 3 rings (SSSR count). The van der Waals surface area contributed by atoms with Gasteiger partial charge in [0.25, 0.3) is 0 Å². The van der Waals surface area contributed by atoms with Crippen molar-refractivity contribution >= 4 is 28.7 Å². The average Bonchev–Trinajstić information content (AvgIpc) is 3.11. The lowest BCUT2D eigenvalue weighted by molar-refractivity contribution is -0.132. The van der Waals surface area contributed by atoms with E-state index in [0.717, 1.165) is 29.2 Å². The molecule has 0 bridgehead atoms. The van der Waals surface area contributed by atoms with Gasteiger partial charge in [0.1, 0.15) is 0 Å². The molecule has 0 aliphatic heterocycles. The second-order valence-corrected chi connectivity index (χ2v) is 6.15. The molecule has 0 radical (unpaired) electrons. The zero-order valence-corrected chi connectivity index (χ0v) is 14.0. The Morgan fingerprint density at radius 3 is 2.79 bits per heavy atom. The molecule has 0 saturated heterocycles. The molecule has 6 heteroatoms. The van der Waals surface area contributed by atoms with Gasteiger partial charge < -0.3 is 5.11 Å². The molecule has 2 aromatic rings. The summed E-state index contributed by atoms with van der Waals surface area (Å²) in [5.74, 6) is -0.921. The molecule has 1 aliphatic carbocycles. The first-order valence-corrected chi connectivity index (χ1v) is 8.46. The lowest BCUT2D eigenvalue weighted by Gasteiger charge is -2.11. The van der Waals surface area contributed by atoms with Crippen molar-refractivity contribution in [2.45, 2.75) is 12.8 Å². The number of benzene rings is 1. The van der Waals surface area contributed by atoms with Gasteiger partial charge >= 0.3 is 5.97 Å². The number of hydrogen-bond donors (Lipinski definition) is 1. The smallest absolute Gasteiger partial charge is 0.336 e. The Hall–Kier alpha value is -2.73. The van der Waals surface area contributed by atoms with E-state index in [-0.39, 0.29) is 0 Å². The molecule has 1 aromatic heterocycles. The number of aromatic nitrogens is 1. The molecule has 1 heterocycles. The third-order valence-corrected chi connectivity index (χ3v) is 4.54. The van der Waals surface area contributed by atoms with Gasteiger partial charge in [-0.25, -0.2) is 14.8 Å². The topological polar surface area (TPSA) is 65.8 Å². The van der Waals surface area contributed by atoms with Crippen LogP contribution in [0.3, 0.4) is 0 Å². The summed E-state index contributed by atoms with van der Waals surface area (Å²) in [7, 11) is 1.80. The summed E-state index contributed by atoms with van der Waals surface area (Å²) in [5, 5.41) is 18.0. The number of hydrogen-bond acceptors (Lipinski definition) is 5. The number of carboxylic acid groups (broad SMARTS) is 1. The predicted molar refractivity (Wildman–Crippen MR) is 97.5 cm³/mol. The Labute approximate surface area is 144 Å². The number of rotatable bonds is 5. The second-order valence-electron chi connectivity index (χ2n) is 5.31. The SMILES string of the molecule is CN(/N=C/C1=CCCC=C1C(=O)O)c1nc(-c2ccccc2)cs1. The zero-order valence-electron chi connectivity index (χ0n) is 13.2. The molecule has 0 spiro atoms. The molecular weight excluding hydrogens is 322 g/mol. The molecule has 1 aromatic carbocycles. The normalized spacial score (nSPS) is 14.4. The maximum absolute atomic E-state index is 11.2. The molecule has 0 atom stereocenters. The number of carbonyl (C=O) groups is 1. The van der Waals surface area contributed by atoms with Crippen molar-refractivity contribution in [2.75, 3.05) is 12.1 Å². The van der Waals surface area contributed by atoms with Crippen molar-refractivity contribution in [1.29, 1.82) is 0 Å². The van der Waals surface area contributed by atoms with Gasteiger partial charge in [0.15, 0.2) is 0 Å². The molecule has 122 valence electrons. The molecule has 0 fully saturated rings. The lowest BCUT2D eigenvalue weighted by Crippen LogP contribution is -2.12. The van der Waals surface area contributed by atoms with Crippen LogP contribution < -0.4 is 5.01 Å². The number of hydrazone groups is 1. The van der Waals surface area contributed by atoms with Crippen LogP contribution in [0.25, 0.3) is 11.3 Å². The van der Waals surface area contributed by atoms with Gasteiger partial charge in [-0.3, -0.25) is 0 Å². The van der Waals surface area contributed by atoms with Gasteiger partial charge in [0.2, 0.25) is 5.13 Å². The maximum atomic E-state index is 11.2. The van der Waals surface area contributed by atoms with Gasteiger partial charge in [-0.2, -0.15) is 5.10 Å². The van der Waals surface area contributed by atoms with E-state index in [0.29, 0.717) is 11.1 Å². The summed E-state index contributed by atoms with van der Waals surface area (Å²) >= 11 is 1.50. The standard InChI is InChI=1S/C18H17N3O2S/c1-21(19-11-14-9-5-6-10-15(14)17(22)23)18-20-16(12-24-18)13-7-3-2-4-8-13/h2-4,7-12H,5-6H2,1H3,(H,22,23)/b19-11+. The Morgan fingerprint density at radius 2 is 2.04 bits per heavy atom. The minimum absolute atomic E-state index is 0.308. The van der Waals surface area contributed by atoms with Crippen LogP contribution in [0.2, 0.25) is 0 Å². The van der Waals surface area contributed by atoms with Crippen molar-refractivity contribution in [3.05, 3.63) is 59.0 Å².